The molecule has 0 spiro atoms. The van der Waals surface area contributed by atoms with Crippen molar-refractivity contribution in [2.45, 2.75) is 56.8 Å². The maximum absolute atomic E-state index is 13.7. The smallest absolute Gasteiger partial charge is 0.404 e. The summed E-state index contributed by atoms with van der Waals surface area (Å²) >= 11 is 0. The zero-order valence-electron chi connectivity index (χ0n) is 17.9. The molecule has 0 amide bonds. The van der Waals surface area contributed by atoms with Gasteiger partial charge < -0.3 is 14.2 Å². The summed E-state index contributed by atoms with van der Waals surface area (Å²) in [5.74, 6) is -0.801. The van der Waals surface area contributed by atoms with Crippen molar-refractivity contribution < 1.29 is 35.8 Å². The van der Waals surface area contributed by atoms with Gasteiger partial charge in [-0.3, -0.25) is 4.98 Å². The summed E-state index contributed by atoms with van der Waals surface area (Å²) in [5.41, 5.74) is 0.586. The van der Waals surface area contributed by atoms with E-state index in [-0.39, 0.29) is 26.4 Å². The van der Waals surface area contributed by atoms with Crippen LogP contribution in [-0.2, 0) is 32.6 Å². The van der Waals surface area contributed by atoms with Crippen molar-refractivity contribution in [3.05, 3.63) is 53.9 Å². The number of aromatic nitrogens is 1. The lowest BCUT2D eigenvalue weighted by atomic mass is 10.1. The van der Waals surface area contributed by atoms with Crippen molar-refractivity contribution in [1.82, 2.24) is 9.29 Å². The summed E-state index contributed by atoms with van der Waals surface area (Å²) in [6, 6.07) is 7.25. The van der Waals surface area contributed by atoms with Crippen LogP contribution in [0, 0.1) is 0 Å². The molecule has 1 unspecified atom stereocenters. The highest BCUT2D eigenvalue weighted by molar-refractivity contribution is 7.89. The Balaban J connectivity index is 2.06. The molecule has 2 heterocycles. The Morgan fingerprint density at radius 1 is 1.16 bits per heavy atom. The van der Waals surface area contributed by atoms with E-state index in [0.29, 0.717) is 11.3 Å². The average Bonchev–Trinajstić information content (AvgIpc) is 2.66. The first-order valence-corrected chi connectivity index (χ1v) is 11.3. The molecule has 1 aliphatic rings. The number of benzene rings is 1. The molecule has 1 aromatic heterocycles. The lowest BCUT2D eigenvalue weighted by Crippen LogP contribution is -2.47. The number of hydrogen-bond donors (Lipinski definition) is 0. The first-order chi connectivity index (χ1) is 14.9. The molecule has 2 aromatic rings. The molecule has 0 N–H and O–H groups in total. The number of sulfonamides is 1. The van der Waals surface area contributed by atoms with Gasteiger partial charge in [0.1, 0.15) is 10.6 Å². The number of hydrogen-bond acceptors (Lipinski definition) is 6. The Hall–Kier alpha value is -2.21. The van der Waals surface area contributed by atoms with Crippen LogP contribution in [0.2, 0.25) is 0 Å². The number of pyridine rings is 1. The van der Waals surface area contributed by atoms with Crippen LogP contribution in [0.15, 0.2) is 47.5 Å². The van der Waals surface area contributed by atoms with E-state index >= 15 is 0 Å². The molecule has 0 bridgehead atoms. The van der Waals surface area contributed by atoms with E-state index in [1.807, 2.05) is 20.8 Å². The maximum atomic E-state index is 13.7. The number of rotatable bonds is 5. The van der Waals surface area contributed by atoms with Crippen molar-refractivity contribution >= 4 is 10.0 Å². The molecule has 11 heteroatoms. The van der Waals surface area contributed by atoms with Gasteiger partial charge in [0.15, 0.2) is 0 Å². The fourth-order valence-corrected chi connectivity index (χ4v) is 4.86. The molecule has 176 valence electrons. The van der Waals surface area contributed by atoms with Crippen LogP contribution >= 0.6 is 0 Å². The van der Waals surface area contributed by atoms with Gasteiger partial charge in [0.05, 0.1) is 37.2 Å². The minimum Gasteiger partial charge on any atom is -0.404 e. The van der Waals surface area contributed by atoms with E-state index in [0.717, 1.165) is 16.4 Å². The molecule has 0 radical (unpaired) electrons. The van der Waals surface area contributed by atoms with E-state index in [4.69, 9.17) is 9.47 Å². The summed E-state index contributed by atoms with van der Waals surface area (Å²) in [4.78, 5) is 3.64. The van der Waals surface area contributed by atoms with E-state index in [1.54, 1.807) is 18.3 Å². The quantitative estimate of drug-likeness (QED) is 0.655. The monoisotopic (exact) mass is 474 g/mol. The van der Waals surface area contributed by atoms with E-state index < -0.39 is 38.7 Å². The number of ether oxygens (including phenoxy) is 3. The predicted molar refractivity (Wildman–Crippen MR) is 109 cm³/mol. The molecule has 0 aliphatic carbocycles. The van der Waals surface area contributed by atoms with Gasteiger partial charge in [-0.1, -0.05) is 18.2 Å². The summed E-state index contributed by atoms with van der Waals surface area (Å²) in [7, 11) is -4.44. The van der Waals surface area contributed by atoms with Crippen LogP contribution < -0.4 is 4.74 Å². The van der Waals surface area contributed by atoms with Crippen LogP contribution in [0.3, 0.4) is 0 Å². The van der Waals surface area contributed by atoms with Gasteiger partial charge in [0.2, 0.25) is 10.0 Å². The van der Waals surface area contributed by atoms with Gasteiger partial charge in [-0.15, -0.1) is 13.2 Å². The Bertz CT molecular complexity index is 1040. The molecule has 0 saturated carbocycles. The molecule has 0 fully saturated rings. The zero-order valence-corrected chi connectivity index (χ0v) is 18.7. The normalized spacial score (nSPS) is 18.5. The fourth-order valence-electron chi connectivity index (χ4n) is 3.17. The molecule has 0 saturated heterocycles. The second-order valence-corrected chi connectivity index (χ2v) is 10.1. The van der Waals surface area contributed by atoms with E-state index in [2.05, 4.69) is 9.72 Å². The number of halogens is 3. The minimum absolute atomic E-state index is 0.0133. The van der Waals surface area contributed by atoms with Gasteiger partial charge in [-0.2, -0.15) is 4.31 Å². The maximum Gasteiger partial charge on any atom is 0.573 e. The van der Waals surface area contributed by atoms with Crippen LogP contribution in [0.25, 0.3) is 0 Å². The first kappa shape index (κ1) is 24.4. The van der Waals surface area contributed by atoms with Gasteiger partial charge in [0, 0.05) is 12.7 Å². The largest absolute Gasteiger partial charge is 0.573 e. The molecule has 7 nitrogen and oxygen atoms in total. The van der Waals surface area contributed by atoms with Crippen molar-refractivity contribution in [2.24, 2.45) is 0 Å². The highest BCUT2D eigenvalue weighted by Crippen LogP contribution is 2.33. The number of fused-ring (bicyclic) bond motifs is 1. The van der Waals surface area contributed by atoms with Gasteiger partial charge in [-0.05, 0) is 44.5 Å². The third kappa shape index (κ3) is 6.18. The number of alkyl halides is 3. The lowest BCUT2D eigenvalue weighted by Gasteiger charge is -2.34. The van der Waals surface area contributed by atoms with Gasteiger partial charge in [0.25, 0.3) is 0 Å². The third-order valence-corrected chi connectivity index (χ3v) is 6.57. The highest BCUT2D eigenvalue weighted by Gasteiger charge is 2.39. The molecule has 1 aliphatic heterocycles. The fraction of sp³-hybridized carbons (Fsp3) is 0.476. The molecule has 3 rings (SSSR count). The lowest BCUT2D eigenvalue weighted by molar-refractivity contribution is -0.275. The zero-order chi connectivity index (χ0) is 23.6. The summed E-state index contributed by atoms with van der Waals surface area (Å²) in [6.07, 6.45) is -3.48. The van der Waals surface area contributed by atoms with Crippen LogP contribution in [0.1, 0.15) is 32.0 Å². The van der Waals surface area contributed by atoms with Crippen molar-refractivity contribution in [3.63, 3.8) is 0 Å². The third-order valence-electron chi connectivity index (χ3n) is 4.64. The minimum atomic E-state index is -5.05. The van der Waals surface area contributed by atoms with Gasteiger partial charge >= 0.3 is 6.36 Å². The standard InChI is InChI=1S/C21H25F3N2O5S/c1-20(2,3)30-13-16-12-29-14-17-15(7-6-10-25-17)11-26(16)32(27,28)19-9-5-4-8-18(19)31-21(22,23)24/h4-10,16H,11-14H2,1-3H3. The molecule has 32 heavy (non-hydrogen) atoms. The van der Waals surface area contributed by atoms with Crippen molar-refractivity contribution in [3.8, 4) is 5.75 Å². The summed E-state index contributed by atoms with van der Waals surface area (Å²) in [5, 5.41) is 0. The summed E-state index contributed by atoms with van der Waals surface area (Å²) in [6.45, 7) is 5.51. The van der Waals surface area contributed by atoms with Crippen molar-refractivity contribution in [1.29, 1.82) is 0 Å². The van der Waals surface area contributed by atoms with Crippen LogP contribution in [0.4, 0.5) is 13.2 Å². The Morgan fingerprint density at radius 2 is 1.88 bits per heavy atom. The highest BCUT2D eigenvalue weighted by atomic mass is 32.2. The van der Waals surface area contributed by atoms with Crippen molar-refractivity contribution in [2.75, 3.05) is 13.2 Å². The van der Waals surface area contributed by atoms with E-state index in [9.17, 15) is 21.6 Å². The van der Waals surface area contributed by atoms with Gasteiger partial charge in [-0.25, -0.2) is 8.42 Å². The number of para-hydroxylation sites is 1. The number of nitrogens with zero attached hydrogens (tertiary/aromatic N) is 2. The van der Waals surface area contributed by atoms with Crippen LogP contribution in [0.5, 0.6) is 5.75 Å². The van der Waals surface area contributed by atoms with Crippen LogP contribution in [-0.4, -0.2) is 48.9 Å². The predicted octanol–water partition coefficient (Wildman–Crippen LogP) is 3.89. The Morgan fingerprint density at radius 3 is 2.56 bits per heavy atom. The summed E-state index contributed by atoms with van der Waals surface area (Å²) < 4.78 is 82.7. The second kappa shape index (κ2) is 9.34. The Kier molecular flexibility index (Phi) is 7.13. The first-order valence-electron chi connectivity index (χ1n) is 9.88. The van der Waals surface area contributed by atoms with E-state index in [1.165, 1.54) is 12.1 Å². The Labute approximate surface area is 185 Å². The second-order valence-electron chi connectivity index (χ2n) is 8.25. The molecular formula is C21H25F3N2O5S. The molecular weight excluding hydrogens is 449 g/mol. The molecule has 1 aromatic carbocycles. The topological polar surface area (TPSA) is 78.0 Å². The molecule has 1 atom stereocenters. The average molecular weight is 475 g/mol. The SMILES string of the molecule is CC(C)(C)OCC1COCc2ncccc2CN1S(=O)(=O)c1ccccc1OC(F)(F)F.